The first-order chi connectivity index (χ1) is 28.9. The standard InChI is InChI=1S/C41H50N7O11PS/c1-23(59-60(56,57)58)36(47-39(53)32(44-24(2)49)21-28-22-61-34-13-6-5-11-29(28)34)41(55)48-18-8-7-12-33(48)40(54)46-31(38(52)45-30(37(43)51)16-17-35(42)50)20-25-14-15-26-9-3-4-10-27(26)19-25/h3-6,9-11,13-15,19,22-23,30-33,36H,7-8,12,16-18,20-21H2,1-2H3,(H2,42,50)(H2,43,51)(H,44,49)(H,45,52)(H,46,54)(H,47,53)(H2,56,57,58)/t23-,30+,31+,32+,33-,36+/m1/s1. The highest BCUT2D eigenvalue weighted by Gasteiger charge is 2.42. The molecule has 0 unspecified atom stereocenters. The molecule has 1 aromatic heterocycles. The van der Waals surface area contributed by atoms with Crippen LogP contribution in [0.3, 0.4) is 0 Å². The van der Waals surface area contributed by atoms with E-state index in [9.17, 15) is 47.9 Å². The van der Waals surface area contributed by atoms with Crippen LogP contribution in [-0.2, 0) is 55.5 Å². The van der Waals surface area contributed by atoms with Crippen LogP contribution in [0.5, 0.6) is 0 Å². The summed E-state index contributed by atoms with van der Waals surface area (Å²) < 4.78 is 17.9. The fourth-order valence-corrected chi connectivity index (χ4v) is 8.88. The van der Waals surface area contributed by atoms with Gasteiger partial charge in [-0.05, 0) is 71.3 Å². The third kappa shape index (κ3) is 12.9. The number of rotatable bonds is 19. The van der Waals surface area contributed by atoms with Crippen molar-refractivity contribution in [3.05, 3.63) is 83.2 Å². The van der Waals surface area contributed by atoms with Crippen molar-refractivity contribution >= 4 is 81.4 Å². The number of nitrogens with zero attached hydrogens (tertiary/aromatic N) is 1. The molecule has 0 spiro atoms. The normalized spacial score (nSPS) is 16.7. The minimum Gasteiger partial charge on any atom is -0.370 e. The second-order valence-corrected chi connectivity index (χ2v) is 17.1. The monoisotopic (exact) mass is 879 g/mol. The SMILES string of the molecule is CC(=O)N[C@@H](Cc1csc2ccccc12)C(=O)N[C@H](C(=O)N1CCCC[C@@H]1C(=O)N[C@@H](Cc1ccc2ccccc2c1)C(=O)N[C@@H](CCC(N)=O)C(N)=O)[C@@H](C)OP(=O)(O)O. The molecule has 61 heavy (non-hydrogen) atoms. The molecule has 0 aliphatic carbocycles. The Hall–Kier alpha value is -5.72. The number of primary amides is 2. The number of carbonyl (C=O) groups excluding carboxylic acids is 7. The molecule has 1 fully saturated rings. The van der Waals surface area contributed by atoms with Gasteiger partial charge in [-0.1, -0.05) is 60.7 Å². The fraction of sp³-hybridized carbons (Fsp3) is 0.390. The molecule has 18 nitrogen and oxygen atoms in total. The number of piperidine rings is 1. The number of nitrogens with one attached hydrogen (secondary N) is 4. The Morgan fingerprint density at radius 2 is 1.52 bits per heavy atom. The summed E-state index contributed by atoms with van der Waals surface area (Å²) in [4.78, 5) is 113. The van der Waals surface area contributed by atoms with Crippen LogP contribution in [0.2, 0.25) is 0 Å². The van der Waals surface area contributed by atoms with E-state index in [2.05, 4.69) is 21.3 Å². The Balaban J connectivity index is 1.42. The fourth-order valence-electron chi connectivity index (χ4n) is 7.35. The van der Waals surface area contributed by atoms with Gasteiger partial charge in [0, 0.05) is 37.4 Å². The number of carbonyl (C=O) groups is 7. The van der Waals surface area contributed by atoms with Gasteiger partial charge in [-0.3, -0.25) is 38.1 Å². The van der Waals surface area contributed by atoms with Crippen LogP contribution in [0, 0.1) is 0 Å². The highest BCUT2D eigenvalue weighted by atomic mass is 32.1. The molecule has 0 saturated carbocycles. The Kier molecular flexibility index (Phi) is 15.7. The Labute approximate surface area is 355 Å². The molecule has 10 N–H and O–H groups in total. The van der Waals surface area contributed by atoms with Crippen molar-refractivity contribution < 1.29 is 52.4 Å². The van der Waals surface area contributed by atoms with Crippen LogP contribution in [-0.4, -0.2) is 98.9 Å². The lowest BCUT2D eigenvalue weighted by atomic mass is 9.97. The minimum absolute atomic E-state index is 0.0125. The molecule has 326 valence electrons. The molecule has 0 bridgehead atoms. The molecule has 1 aliphatic rings. The van der Waals surface area contributed by atoms with Gasteiger partial charge in [-0.15, -0.1) is 11.3 Å². The highest BCUT2D eigenvalue weighted by Crippen LogP contribution is 2.38. The first-order valence-electron chi connectivity index (χ1n) is 19.6. The van der Waals surface area contributed by atoms with Crippen molar-refractivity contribution in [2.45, 2.75) is 95.1 Å². The number of likely N-dealkylation sites (tertiary alicyclic amines) is 1. The van der Waals surface area contributed by atoms with Gasteiger partial charge in [-0.2, -0.15) is 0 Å². The first kappa shape index (κ1) is 46.3. The van der Waals surface area contributed by atoms with E-state index in [0.29, 0.717) is 18.4 Å². The molecule has 7 amide bonds. The maximum Gasteiger partial charge on any atom is 0.469 e. The summed E-state index contributed by atoms with van der Waals surface area (Å²) >= 11 is 1.44. The van der Waals surface area contributed by atoms with E-state index in [1.807, 2.05) is 66.0 Å². The molecule has 3 aromatic carbocycles. The first-order valence-corrected chi connectivity index (χ1v) is 22.0. The number of benzene rings is 3. The lowest BCUT2D eigenvalue weighted by Gasteiger charge is -2.39. The molecular weight excluding hydrogens is 830 g/mol. The third-order valence-electron chi connectivity index (χ3n) is 10.3. The van der Waals surface area contributed by atoms with E-state index >= 15 is 0 Å². The number of fused-ring (bicyclic) bond motifs is 2. The van der Waals surface area contributed by atoms with E-state index in [1.54, 1.807) is 6.07 Å². The van der Waals surface area contributed by atoms with E-state index in [4.69, 9.17) is 16.0 Å². The molecule has 6 atom stereocenters. The predicted molar refractivity (Wildman–Crippen MR) is 226 cm³/mol. The van der Waals surface area contributed by atoms with E-state index in [1.165, 1.54) is 25.2 Å². The Morgan fingerprint density at radius 1 is 0.852 bits per heavy atom. The van der Waals surface area contributed by atoms with Gasteiger partial charge in [0.05, 0.1) is 6.10 Å². The molecule has 4 aromatic rings. The summed E-state index contributed by atoms with van der Waals surface area (Å²) in [5.74, 6) is -5.54. The van der Waals surface area contributed by atoms with Crippen molar-refractivity contribution in [2.24, 2.45) is 11.5 Å². The number of hydrogen-bond donors (Lipinski definition) is 8. The average molecular weight is 880 g/mol. The second kappa shape index (κ2) is 20.7. The Bertz CT molecular complexity index is 2330. The summed E-state index contributed by atoms with van der Waals surface area (Å²) in [5.41, 5.74) is 12.2. The zero-order chi connectivity index (χ0) is 44.4. The van der Waals surface area contributed by atoms with E-state index < -0.39 is 85.5 Å². The van der Waals surface area contributed by atoms with Gasteiger partial charge in [0.15, 0.2) is 0 Å². The number of amides is 7. The quantitative estimate of drug-likeness (QED) is 0.0624. The van der Waals surface area contributed by atoms with Gasteiger partial charge < -0.3 is 47.4 Å². The van der Waals surface area contributed by atoms with Gasteiger partial charge in [0.25, 0.3) is 0 Å². The predicted octanol–water partition coefficient (Wildman–Crippen LogP) is 1.43. The van der Waals surface area contributed by atoms with Gasteiger partial charge in [0.1, 0.15) is 30.2 Å². The average Bonchev–Trinajstić information content (AvgIpc) is 3.61. The highest BCUT2D eigenvalue weighted by molar-refractivity contribution is 7.46. The number of phosphoric acid groups is 1. The lowest BCUT2D eigenvalue weighted by molar-refractivity contribution is -0.148. The summed E-state index contributed by atoms with van der Waals surface area (Å²) in [6, 6.07) is 13.5. The molecule has 1 saturated heterocycles. The van der Waals surface area contributed by atoms with Gasteiger partial charge in [-0.25, -0.2) is 4.57 Å². The van der Waals surface area contributed by atoms with Gasteiger partial charge in [0.2, 0.25) is 41.4 Å². The van der Waals surface area contributed by atoms with Crippen molar-refractivity contribution in [2.75, 3.05) is 6.54 Å². The maximum atomic E-state index is 14.5. The smallest absolute Gasteiger partial charge is 0.370 e. The molecular formula is C41H50N7O11PS. The van der Waals surface area contributed by atoms with Crippen LogP contribution >= 0.6 is 19.2 Å². The topological polar surface area (TPSA) is 290 Å². The van der Waals surface area contributed by atoms with Crippen LogP contribution in [0.15, 0.2) is 72.1 Å². The number of nitrogens with two attached hydrogens (primary N) is 2. The maximum absolute atomic E-state index is 14.5. The number of hydrogen-bond acceptors (Lipinski definition) is 10. The Morgan fingerprint density at radius 3 is 2.21 bits per heavy atom. The zero-order valence-electron chi connectivity index (χ0n) is 33.6. The lowest BCUT2D eigenvalue weighted by Crippen LogP contribution is -2.63. The summed E-state index contributed by atoms with van der Waals surface area (Å²) in [6.07, 6.45) is -1.13. The zero-order valence-corrected chi connectivity index (χ0v) is 35.3. The van der Waals surface area contributed by atoms with Crippen LogP contribution in [0.25, 0.3) is 20.9 Å². The molecule has 2 heterocycles. The van der Waals surface area contributed by atoms with Crippen LogP contribution in [0.4, 0.5) is 0 Å². The number of thiophene rings is 1. The number of phosphoric ester groups is 1. The molecule has 20 heteroatoms. The van der Waals surface area contributed by atoms with Crippen molar-refractivity contribution in [1.82, 2.24) is 26.2 Å². The summed E-state index contributed by atoms with van der Waals surface area (Å²) in [5, 5.41) is 14.9. The molecule has 1 aliphatic heterocycles. The van der Waals surface area contributed by atoms with Crippen LogP contribution < -0.4 is 32.7 Å². The largest absolute Gasteiger partial charge is 0.469 e. The van der Waals surface area contributed by atoms with Crippen molar-refractivity contribution in [1.29, 1.82) is 0 Å². The molecule has 0 radical (unpaired) electrons. The molecule has 5 rings (SSSR count). The van der Waals surface area contributed by atoms with Crippen LogP contribution in [0.1, 0.15) is 57.1 Å². The minimum atomic E-state index is -5.23. The second-order valence-electron chi connectivity index (χ2n) is 15.0. The summed E-state index contributed by atoms with van der Waals surface area (Å²) in [6.45, 7) is 2.38. The third-order valence-corrected chi connectivity index (χ3v) is 12.0. The van der Waals surface area contributed by atoms with Crippen molar-refractivity contribution in [3.63, 3.8) is 0 Å². The van der Waals surface area contributed by atoms with Crippen molar-refractivity contribution in [3.8, 4) is 0 Å². The summed E-state index contributed by atoms with van der Waals surface area (Å²) in [7, 11) is -5.23. The van der Waals surface area contributed by atoms with Gasteiger partial charge >= 0.3 is 7.82 Å². The van der Waals surface area contributed by atoms with E-state index in [0.717, 1.165) is 31.3 Å². The van der Waals surface area contributed by atoms with E-state index in [-0.39, 0.29) is 38.6 Å².